The highest BCUT2D eigenvalue weighted by Gasteiger charge is 2.27. The maximum absolute atomic E-state index is 13.0. The van der Waals surface area contributed by atoms with Crippen LogP contribution in [0.1, 0.15) is 26.3 Å². The average Bonchev–Trinajstić information content (AvgIpc) is 2.58. The summed E-state index contributed by atoms with van der Waals surface area (Å²) >= 11 is 0. The van der Waals surface area contributed by atoms with Crippen LogP contribution in [0.5, 0.6) is 0 Å². The Bertz CT molecular complexity index is 813. The molecule has 0 aliphatic rings. The second-order valence-corrected chi connectivity index (χ2v) is 9.12. The Kier molecular flexibility index (Phi) is 6.56. The van der Waals surface area contributed by atoms with E-state index in [-0.39, 0.29) is 23.9 Å². The van der Waals surface area contributed by atoms with Crippen molar-refractivity contribution in [2.75, 3.05) is 13.1 Å². The number of rotatable bonds is 7. The molecule has 0 atom stereocenters. The Labute approximate surface area is 156 Å². The highest BCUT2D eigenvalue weighted by molar-refractivity contribution is 7.89. The first-order chi connectivity index (χ1) is 12.2. The van der Waals surface area contributed by atoms with Crippen molar-refractivity contribution in [3.63, 3.8) is 0 Å². The lowest BCUT2D eigenvalue weighted by molar-refractivity contribution is -0.122. The minimum Gasteiger partial charge on any atom is -0.350 e. The molecule has 1 N–H and O–H groups in total. The van der Waals surface area contributed by atoms with E-state index in [0.717, 1.165) is 5.56 Å². The maximum atomic E-state index is 13.0. The van der Waals surface area contributed by atoms with E-state index in [9.17, 15) is 13.2 Å². The Morgan fingerprint density at radius 2 is 1.50 bits per heavy atom. The lowest BCUT2D eigenvalue weighted by atomic mass is 10.1. The van der Waals surface area contributed by atoms with Crippen LogP contribution in [0.2, 0.25) is 0 Å². The van der Waals surface area contributed by atoms with Crippen molar-refractivity contribution in [3.8, 4) is 0 Å². The van der Waals surface area contributed by atoms with Crippen LogP contribution in [0.4, 0.5) is 0 Å². The Balaban J connectivity index is 2.21. The Morgan fingerprint density at radius 3 is 2.04 bits per heavy atom. The minimum atomic E-state index is -3.75. The molecule has 5 nitrogen and oxygen atoms in total. The highest BCUT2D eigenvalue weighted by atomic mass is 32.2. The lowest BCUT2D eigenvalue weighted by Crippen LogP contribution is -2.47. The zero-order valence-electron chi connectivity index (χ0n) is 15.5. The van der Waals surface area contributed by atoms with Crippen LogP contribution in [0, 0.1) is 0 Å². The average molecular weight is 375 g/mol. The molecule has 0 fully saturated rings. The van der Waals surface area contributed by atoms with Crippen molar-refractivity contribution in [2.24, 2.45) is 0 Å². The highest BCUT2D eigenvalue weighted by Crippen LogP contribution is 2.16. The SMILES string of the molecule is CC(C)(C)NC(=O)CN(CCc1ccccc1)S(=O)(=O)c1ccccc1. The smallest absolute Gasteiger partial charge is 0.243 e. The number of nitrogens with zero attached hydrogens (tertiary/aromatic N) is 1. The standard InChI is InChI=1S/C20H26N2O3S/c1-20(2,3)21-19(23)16-22(15-14-17-10-6-4-7-11-17)26(24,25)18-12-8-5-9-13-18/h4-13H,14-16H2,1-3H3,(H,21,23). The fourth-order valence-corrected chi connectivity index (χ4v) is 3.96. The maximum Gasteiger partial charge on any atom is 0.243 e. The predicted octanol–water partition coefficient (Wildman–Crippen LogP) is 2.83. The third-order valence-electron chi connectivity index (χ3n) is 3.71. The third-order valence-corrected chi connectivity index (χ3v) is 5.57. The summed E-state index contributed by atoms with van der Waals surface area (Å²) in [5, 5.41) is 2.83. The summed E-state index contributed by atoms with van der Waals surface area (Å²) in [6.07, 6.45) is 0.537. The molecule has 0 saturated carbocycles. The van der Waals surface area contributed by atoms with Gasteiger partial charge in [0.1, 0.15) is 0 Å². The van der Waals surface area contributed by atoms with Gasteiger partial charge in [-0.2, -0.15) is 4.31 Å². The first kappa shape index (κ1) is 20.1. The minimum absolute atomic E-state index is 0.191. The van der Waals surface area contributed by atoms with Crippen LogP contribution in [0.15, 0.2) is 65.6 Å². The summed E-state index contributed by atoms with van der Waals surface area (Å²) < 4.78 is 27.2. The van der Waals surface area contributed by atoms with Crippen LogP contribution in [-0.4, -0.2) is 37.3 Å². The van der Waals surface area contributed by atoms with Crippen molar-refractivity contribution in [1.82, 2.24) is 9.62 Å². The molecule has 1 amide bonds. The second kappa shape index (κ2) is 8.47. The molecular weight excluding hydrogens is 348 g/mol. The summed E-state index contributed by atoms with van der Waals surface area (Å²) in [6.45, 7) is 5.63. The van der Waals surface area contributed by atoms with Gasteiger partial charge in [-0.15, -0.1) is 0 Å². The number of nitrogens with one attached hydrogen (secondary N) is 1. The topological polar surface area (TPSA) is 66.5 Å². The van der Waals surface area contributed by atoms with Crippen molar-refractivity contribution >= 4 is 15.9 Å². The van der Waals surface area contributed by atoms with E-state index >= 15 is 0 Å². The first-order valence-electron chi connectivity index (χ1n) is 8.59. The van der Waals surface area contributed by atoms with Gasteiger partial charge in [-0.25, -0.2) is 8.42 Å². The number of amides is 1. The van der Waals surface area contributed by atoms with Gasteiger partial charge >= 0.3 is 0 Å². The quantitative estimate of drug-likeness (QED) is 0.810. The van der Waals surface area contributed by atoms with E-state index in [0.29, 0.717) is 6.42 Å². The van der Waals surface area contributed by atoms with Crippen LogP contribution in [0.3, 0.4) is 0 Å². The first-order valence-corrected chi connectivity index (χ1v) is 10.0. The molecule has 0 radical (unpaired) electrons. The fraction of sp³-hybridized carbons (Fsp3) is 0.350. The van der Waals surface area contributed by atoms with E-state index in [4.69, 9.17) is 0 Å². The van der Waals surface area contributed by atoms with Crippen molar-refractivity contribution in [2.45, 2.75) is 37.6 Å². The Morgan fingerprint density at radius 1 is 0.962 bits per heavy atom. The van der Waals surface area contributed by atoms with Gasteiger partial charge in [-0.1, -0.05) is 48.5 Å². The van der Waals surface area contributed by atoms with Crippen molar-refractivity contribution < 1.29 is 13.2 Å². The Hall–Kier alpha value is -2.18. The van der Waals surface area contributed by atoms with Gasteiger partial charge in [-0.05, 0) is 44.9 Å². The van der Waals surface area contributed by atoms with E-state index in [1.54, 1.807) is 30.3 Å². The molecule has 140 valence electrons. The molecule has 2 aromatic rings. The predicted molar refractivity (Wildman–Crippen MR) is 103 cm³/mol. The molecule has 2 aromatic carbocycles. The third kappa shape index (κ3) is 5.97. The molecular formula is C20H26N2O3S. The summed E-state index contributed by atoms with van der Waals surface area (Å²) in [5.41, 5.74) is 0.607. The number of carbonyl (C=O) groups is 1. The molecule has 0 bridgehead atoms. The van der Waals surface area contributed by atoms with Crippen LogP contribution < -0.4 is 5.32 Å². The number of benzene rings is 2. The second-order valence-electron chi connectivity index (χ2n) is 7.19. The van der Waals surface area contributed by atoms with Gasteiger partial charge in [0.25, 0.3) is 0 Å². The molecule has 0 heterocycles. The number of carbonyl (C=O) groups excluding carboxylic acids is 1. The van der Waals surface area contributed by atoms with E-state index in [1.807, 2.05) is 51.1 Å². The molecule has 2 rings (SSSR count). The molecule has 0 unspecified atom stereocenters. The molecule has 0 aromatic heterocycles. The van der Waals surface area contributed by atoms with Crippen LogP contribution in [-0.2, 0) is 21.2 Å². The summed E-state index contributed by atoms with van der Waals surface area (Å²) in [6, 6.07) is 17.9. The van der Waals surface area contributed by atoms with Crippen molar-refractivity contribution in [3.05, 3.63) is 66.2 Å². The van der Waals surface area contributed by atoms with E-state index in [2.05, 4.69) is 5.32 Å². The zero-order chi connectivity index (χ0) is 19.2. The molecule has 6 heteroatoms. The van der Waals surface area contributed by atoms with E-state index < -0.39 is 15.6 Å². The van der Waals surface area contributed by atoms with Gasteiger partial charge in [0.05, 0.1) is 11.4 Å². The summed E-state index contributed by atoms with van der Waals surface area (Å²) in [7, 11) is -3.75. The summed E-state index contributed by atoms with van der Waals surface area (Å²) in [4.78, 5) is 12.5. The number of hydrogen-bond acceptors (Lipinski definition) is 3. The largest absolute Gasteiger partial charge is 0.350 e. The van der Waals surface area contributed by atoms with Crippen molar-refractivity contribution in [1.29, 1.82) is 0 Å². The molecule has 0 spiro atoms. The normalized spacial score (nSPS) is 12.2. The van der Waals surface area contributed by atoms with Gasteiger partial charge in [0.2, 0.25) is 15.9 Å². The number of sulfonamides is 1. The lowest BCUT2D eigenvalue weighted by Gasteiger charge is -2.25. The van der Waals surface area contributed by atoms with Gasteiger partial charge in [0.15, 0.2) is 0 Å². The molecule has 0 aliphatic carbocycles. The summed E-state index contributed by atoms with van der Waals surface area (Å²) in [5.74, 6) is -0.315. The van der Waals surface area contributed by atoms with E-state index in [1.165, 1.54) is 4.31 Å². The number of hydrogen-bond donors (Lipinski definition) is 1. The zero-order valence-corrected chi connectivity index (χ0v) is 16.3. The monoisotopic (exact) mass is 374 g/mol. The van der Waals surface area contributed by atoms with Gasteiger partial charge < -0.3 is 5.32 Å². The molecule has 0 aliphatic heterocycles. The molecule has 0 saturated heterocycles. The van der Waals surface area contributed by atoms with Crippen LogP contribution >= 0.6 is 0 Å². The van der Waals surface area contributed by atoms with Crippen LogP contribution in [0.25, 0.3) is 0 Å². The fourth-order valence-electron chi connectivity index (χ4n) is 2.54. The molecule has 26 heavy (non-hydrogen) atoms. The van der Waals surface area contributed by atoms with Gasteiger partial charge in [-0.3, -0.25) is 4.79 Å². The van der Waals surface area contributed by atoms with Gasteiger partial charge in [0, 0.05) is 12.1 Å².